The molecule has 0 aliphatic heterocycles. The third kappa shape index (κ3) is 4.92. The Labute approximate surface area is 174 Å². The molecular formula is C20H15N3O6S. The molecule has 0 unspecified atom stereocenters. The number of amides is 1. The van der Waals surface area contributed by atoms with Crippen LogP contribution in [0.4, 0.5) is 10.1 Å². The molecule has 0 bridgehead atoms. The van der Waals surface area contributed by atoms with E-state index >= 15 is 0 Å². The molecule has 3 aromatic rings. The summed E-state index contributed by atoms with van der Waals surface area (Å²) in [5, 5.41) is 12.7. The summed E-state index contributed by atoms with van der Waals surface area (Å²) in [6, 6.07) is 13.1. The van der Waals surface area contributed by atoms with E-state index in [-0.39, 0.29) is 27.0 Å². The Bertz CT molecular complexity index is 1120. The molecule has 1 amide bonds. The maximum absolute atomic E-state index is 12.8. The molecule has 0 atom stereocenters. The van der Waals surface area contributed by atoms with Crippen LogP contribution >= 0.6 is 11.3 Å². The summed E-state index contributed by atoms with van der Waals surface area (Å²) in [5.74, 6) is -1.90. The third-order valence-corrected chi connectivity index (χ3v) is 4.82. The molecule has 1 N–H and O–H groups in total. The normalized spacial score (nSPS) is 10.3. The van der Waals surface area contributed by atoms with Gasteiger partial charge in [-0.2, -0.15) is 0 Å². The Morgan fingerprint density at radius 1 is 1.10 bits per heavy atom. The molecule has 0 fully saturated rings. The number of ether oxygens (including phenoxy) is 1. The molecule has 0 spiro atoms. The van der Waals surface area contributed by atoms with Crippen molar-refractivity contribution in [1.82, 2.24) is 4.98 Å². The van der Waals surface area contributed by atoms with Gasteiger partial charge in [0, 0.05) is 11.1 Å². The van der Waals surface area contributed by atoms with E-state index in [1.807, 2.05) is 6.92 Å². The van der Waals surface area contributed by atoms with Gasteiger partial charge in [-0.15, -0.1) is 0 Å². The molecule has 0 radical (unpaired) electrons. The number of nitrogens with zero attached hydrogens (tertiary/aromatic N) is 2. The smallest absolute Gasteiger partial charge is 0.345 e. The first kappa shape index (κ1) is 20.8. The Morgan fingerprint density at radius 3 is 2.40 bits per heavy atom. The molecule has 0 aliphatic carbocycles. The van der Waals surface area contributed by atoms with Gasteiger partial charge < -0.3 is 4.74 Å². The summed E-state index contributed by atoms with van der Waals surface area (Å²) in [6.45, 7) is 1.26. The van der Waals surface area contributed by atoms with E-state index in [1.165, 1.54) is 12.1 Å². The van der Waals surface area contributed by atoms with Gasteiger partial charge in [-0.25, -0.2) is 9.78 Å². The van der Waals surface area contributed by atoms with Crippen molar-refractivity contribution >= 4 is 39.1 Å². The van der Waals surface area contributed by atoms with Crippen molar-refractivity contribution in [1.29, 1.82) is 0 Å². The number of aryl methyl sites for hydroxylation is 1. The van der Waals surface area contributed by atoms with Gasteiger partial charge in [0.2, 0.25) is 0 Å². The van der Waals surface area contributed by atoms with Gasteiger partial charge in [-0.05, 0) is 24.3 Å². The van der Waals surface area contributed by atoms with Crippen LogP contribution in [0.25, 0.3) is 0 Å². The Balaban J connectivity index is 1.66. The second kappa shape index (κ2) is 9.05. The first-order valence-corrected chi connectivity index (χ1v) is 9.44. The lowest BCUT2D eigenvalue weighted by atomic mass is 9.98. The summed E-state index contributed by atoms with van der Waals surface area (Å²) in [5.41, 5.74) is 1.60. The van der Waals surface area contributed by atoms with E-state index in [1.54, 1.807) is 36.4 Å². The molecule has 1 heterocycles. The molecule has 0 saturated carbocycles. The Kier molecular flexibility index (Phi) is 6.28. The summed E-state index contributed by atoms with van der Waals surface area (Å²) in [6.07, 6.45) is 1.01. The van der Waals surface area contributed by atoms with Crippen LogP contribution < -0.4 is 5.32 Å². The highest BCUT2D eigenvalue weighted by molar-refractivity contribution is 7.18. The maximum atomic E-state index is 12.8. The van der Waals surface area contributed by atoms with E-state index in [0.717, 1.165) is 11.8 Å². The van der Waals surface area contributed by atoms with Gasteiger partial charge in [0.1, 0.15) is 6.20 Å². The van der Waals surface area contributed by atoms with Crippen LogP contribution in [0.3, 0.4) is 0 Å². The molecule has 30 heavy (non-hydrogen) atoms. The zero-order chi connectivity index (χ0) is 21.7. The zero-order valence-corrected chi connectivity index (χ0v) is 16.5. The maximum Gasteiger partial charge on any atom is 0.345 e. The number of thiazole rings is 1. The monoisotopic (exact) mass is 425 g/mol. The zero-order valence-electron chi connectivity index (χ0n) is 15.7. The third-order valence-electron chi connectivity index (χ3n) is 3.96. The van der Waals surface area contributed by atoms with E-state index in [0.29, 0.717) is 16.9 Å². The van der Waals surface area contributed by atoms with Crippen molar-refractivity contribution in [2.24, 2.45) is 0 Å². The highest BCUT2D eigenvalue weighted by atomic mass is 32.1. The molecule has 152 valence electrons. The fourth-order valence-corrected chi connectivity index (χ4v) is 3.14. The number of ketones is 1. The minimum absolute atomic E-state index is 0.0118. The first-order chi connectivity index (χ1) is 14.3. The molecule has 0 aliphatic rings. The fraction of sp³-hybridized carbons (Fsp3) is 0.100. The largest absolute Gasteiger partial charge is 0.452 e. The molecular weight excluding hydrogens is 410 g/mol. The molecule has 0 saturated heterocycles. The number of rotatable bonds is 7. The second-order valence-corrected chi connectivity index (χ2v) is 7.13. The van der Waals surface area contributed by atoms with Crippen LogP contribution in [-0.2, 0) is 9.53 Å². The molecule has 9 nitrogen and oxygen atoms in total. The van der Waals surface area contributed by atoms with Crippen LogP contribution in [-0.4, -0.2) is 34.2 Å². The highest BCUT2D eigenvalue weighted by Crippen LogP contribution is 2.24. The van der Waals surface area contributed by atoms with Crippen molar-refractivity contribution in [3.05, 3.63) is 87.1 Å². The van der Waals surface area contributed by atoms with Crippen LogP contribution in [0.15, 0.2) is 54.7 Å². The quantitative estimate of drug-likeness (QED) is 0.266. The van der Waals surface area contributed by atoms with E-state index in [9.17, 15) is 24.5 Å². The average molecular weight is 425 g/mol. The van der Waals surface area contributed by atoms with Gasteiger partial charge in [0.05, 0.1) is 10.5 Å². The van der Waals surface area contributed by atoms with Gasteiger partial charge in [-0.1, -0.05) is 48.0 Å². The highest BCUT2D eigenvalue weighted by Gasteiger charge is 2.20. The van der Waals surface area contributed by atoms with E-state index in [4.69, 9.17) is 4.74 Å². The SMILES string of the molecule is Cc1ccc(C(=O)c2ccccc2C(=O)OCC(=O)Nc2ncc([N+](=O)[O-])s2)cc1. The summed E-state index contributed by atoms with van der Waals surface area (Å²) >= 11 is 0.678. The predicted molar refractivity (Wildman–Crippen MR) is 109 cm³/mol. The van der Waals surface area contributed by atoms with Crippen molar-refractivity contribution in [2.45, 2.75) is 6.92 Å². The molecule has 2 aromatic carbocycles. The number of anilines is 1. The number of carbonyl (C=O) groups is 3. The number of aromatic nitrogens is 1. The predicted octanol–water partition coefficient (Wildman–Crippen LogP) is 3.39. The minimum atomic E-state index is -0.841. The fourth-order valence-electron chi connectivity index (χ4n) is 2.49. The van der Waals surface area contributed by atoms with Gasteiger partial charge in [0.25, 0.3) is 5.91 Å². The van der Waals surface area contributed by atoms with Gasteiger partial charge in [-0.3, -0.25) is 25.0 Å². The number of benzene rings is 2. The molecule has 1 aromatic heterocycles. The molecule has 10 heteroatoms. The number of carbonyl (C=O) groups excluding carboxylic acids is 3. The van der Waals surface area contributed by atoms with Crippen molar-refractivity contribution in [3.8, 4) is 0 Å². The number of hydrogen-bond acceptors (Lipinski definition) is 8. The lowest BCUT2D eigenvalue weighted by molar-refractivity contribution is -0.380. The number of hydrogen-bond donors (Lipinski definition) is 1. The standard InChI is InChI=1S/C20H15N3O6S/c1-12-6-8-13(9-7-12)18(25)14-4-2-3-5-15(14)19(26)29-11-16(24)22-20-21-10-17(30-20)23(27)28/h2-10H,11H2,1H3,(H,21,22,24). The summed E-state index contributed by atoms with van der Waals surface area (Å²) in [4.78, 5) is 50.9. The van der Waals surface area contributed by atoms with Crippen LogP contribution in [0, 0.1) is 17.0 Å². The van der Waals surface area contributed by atoms with Crippen molar-refractivity contribution in [2.75, 3.05) is 11.9 Å². The van der Waals surface area contributed by atoms with Crippen molar-refractivity contribution in [3.63, 3.8) is 0 Å². The van der Waals surface area contributed by atoms with Crippen LogP contribution in [0.1, 0.15) is 31.8 Å². The van der Waals surface area contributed by atoms with Gasteiger partial charge in [0.15, 0.2) is 17.5 Å². The van der Waals surface area contributed by atoms with Crippen LogP contribution in [0.2, 0.25) is 0 Å². The first-order valence-electron chi connectivity index (χ1n) is 8.62. The van der Waals surface area contributed by atoms with E-state index in [2.05, 4.69) is 10.3 Å². The lowest BCUT2D eigenvalue weighted by Gasteiger charge is -2.09. The van der Waals surface area contributed by atoms with Crippen LogP contribution in [0.5, 0.6) is 0 Å². The van der Waals surface area contributed by atoms with E-state index < -0.39 is 23.4 Å². The topological polar surface area (TPSA) is 128 Å². The number of nitrogens with one attached hydrogen (secondary N) is 1. The molecule has 3 rings (SSSR count). The lowest BCUT2D eigenvalue weighted by Crippen LogP contribution is -2.22. The minimum Gasteiger partial charge on any atom is -0.452 e. The Hall–Kier alpha value is -3.92. The second-order valence-electron chi connectivity index (χ2n) is 6.13. The summed E-state index contributed by atoms with van der Waals surface area (Å²) in [7, 11) is 0. The number of nitro groups is 1. The Morgan fingerprint density at radius 2 is 1.77 bits per heavy atom. The summed E-state index contributed by atoms with van der Waals surface area (Å²) < 4.78 is 5.00. The van der Waals surface area contributed by atoms with Crippen molar-refractivity contribution < 1.29 is 24.0 Å². The number of esters is 1. The van der Waals surface area contributed by atoms with Gasteiger partial charge >= 0.3 is 11.0 Å². The average Bonchev–Trinajstić information content (AvgIpc) is 3.21.